The third-order valence-electron chi connectivity index (χ3n) is 3.30. The quantitative estimate of drug-likeness (QED) is 0.887. The highest BCUT2D eigenvalue weighted by Crippen LogP contribution is 2.48. The van der Waals surface area contributed by atoms with Crippen LogP contribution in [-0.2, 0) is 20.0 Å². The SMILES string of the molecule is Cc1ccc(C2(C(=O)O)CC2)cc1S(C)(=O)=O. The zero-order valence-electron chi connectivity index (χ0n) is 9.73. The summed E-state index contributed by atoms with van der Waals surface area (Å²) < 4.78 is 23.2. The molecule has 92 valence electrons. The van der Waals surface area contributed by atoms with E-state index in [4.69, 9.17) is 0 Å². The van der Waals surface area contributed by atoms with Gasteiger partial charge in [-0.1, -0.05) is 12.1 Å². The monoisotopic (exact) mass is 254 g/mol. The van der Waals surface area contributed by atoms with Gasteiger partial charge in [0, 0.05) is 6.26 Å². The van der Waals surface area contributed by atoms with E-state index in [2.05, 4.69) is 0 Å². The predicted octanol–water partition coefficient (Wildman–Crippen LogP) is 1.51. The first kappa shape index (κ1) is 12.1. The Balaban J connectivity index is 2.57. The molecule has 5 heteroatoms. The first-order valence-electron chi connectivity index (χ1n) is 5.32. The van der Waals surface area contributed by atoms with Crippen molar-refractivity contribution in [1.82, 2.24) is 0 Å². The van der Waals surface area contributed by atoms with Gasteiger partial charge in [0.1, 0.15) is 0 Å². The van der Waals surface area contributed by atoms with E-state index < -0.39 is 21.2 Å². The molecule has 0 aliphatic heterocycles. The highest BCUT2D eigenvalue weighted by Gasteiger charge is 2.51. The molecule has 2 rings (SSSR count). The van der Waals surface area contributed by atoms with E-state index in [-0.39, 0.29) is 4.90 Å². The first-order chi connectivity index (χ1) is 7.77. The van der Waals surface area contributed by atoms with E-state index in [1.807, 2.05) is 0 Å². The zero-order chi connectivity index (χ0) is 12.8. The molecule has 1 aromatic carbocycles. The second kappa shape index (κ2) is 3.57. The van der Waals surface area contributed by atoms with E-state index in [0.717, 1.165) is 6.26 Å². The van der Waals surface area contributed by atoms with Crippen LogP contribution in [0.4, 0.5) is 0 Å². The molecule has 0 saturated heterocycles. The van der Waals surface area contributed by atoms with E-state index >= 15 is 0 Å². The molecule has 1 N–H and O–H groups in total. The maximum Gasteiger partial charge on any atom is 0.314 e. The molecule has 0 unspecified atom stereocenters. The summed E-state index contributed by atoms with van der Waals surface area (Å²) >= 11 is 0. The predicted molar refractivity (Wildman–Crippen MR) is 62.8 cm³/mol. The standard InChI is InChI=1S/C12H14O4S/c1-8-3-4-9(7-10(8)17(2,15)16)12(5-6-12)11(13)14/h3-4,7H,5-6H2,1-2H3,(H,13,14). The number of rotatable bonds is 3. The average Bonchev–Trinajstić information content (AvgIpc) is 2.97. The Labute approximate surface area is 100 Å². The van der Waals surface area contributed by atoms with E-state index in [1.165, 1.54) is 6.07 Å². The summed E-state index contributed by atoms with van der Waals surface area (Å²) in [6.45, 7) is 1.71. The van der Waals surface area contributed by atoms with Crippen molar-refractivity contribution in [3.8, 4) is 0 Å². The van der Waals surface area contributed by atoms with Crippen LogP contribution in [0.5, 0.6) is 0 Å². The molecular formula is C12H14O4S. The van der Waals surface area contributed by atoms with Crippen molar-refractivity contribution < 1.29 is 18.3 Å². The highest BCUT2D eigenvalue weighted by atomic mass is 32.2. The molecule has 0 heterocycles. The van der Waals surface area contributed by atoms with Crippen molar-refractivity contribution in [3.63, 3.8) is 0 Å². The Kier molecular flexibility index (Phi) is 2.54. The van der Waals surface area contributed by atoms with Gasteiger partial charge in [-0.05, 0) is 37.0 Å². The topological polar surface area (TPSA) is 71.4 Å². The molecule has 0 spiro atoms. The van der Waals surface area contributed by atoms with E-state index in [0.29, 0.717) is 24.0 Å². The minimum atomic E-state index is -3.31. The summed E-state index contributed by atoms with van der Waals surface area (Å²) in [4.78, 5) is 11.4. The number of hydrogen-bond donors (Lipinski definition) is 1. The molecule has 1 aliphatic carbocycles. The lowest BCUT2D eigenvalue weighted by Crippen LogP contribution is -2.20. The van der Waals surface area contributed by atoms with Gasteiger partial charge in [-0.3, -0.25) is 4.79 Å². The number of aryl methyl sites for hydroxylation is 1. The summed E-state index contributed by atoms with van der Waals surface area (Å²) in [5.74, 6) is -0.874. The molecule has 1 aromatic rings. The summed E-state index contributed by atoms with van der Waals surface area (Å²) in [6, 6.07) is 4.89. The van der Waals surface area contributed by atoms with Crippen molar-refractivity contribution >= 4 is 15.8 Å². The molecule has 1 saturated carbocycles. The van der Waals surface area contributed by atoms with Gasteiger partial charge >= 0.3 is 5.97 Å². The smallest absolute Gasteiger partial charge is 0.314 e. The van der Waals surface area contributed by atoms with Crippen LogP contribution >= 0.6 is 0 Å². The molecule has 0 atom stereocenters. The summed E-state index contributed by atoms with van der Waals surface area (Å²) in [5, 5.41) is 9.17. The molecule has 0 radical (unpaired) electrons. The Morgan fingerprint density at radius 2 is 1.94 bits per heavy atom. The Hall–Kier alpha value is -1.36. The van der Waals surface area contributed by atoms with Crippen LogP contribution < -0.4 is 0 Å². The van der Waals surface area contributed by atoms with Gasteiger partial charge in [0.15, 0.2) is 9.84 Å². The first-order valence-corrected chi connectivity index (χ1v) is 7.21. The lowest BCUT2D eigenvalue weighted by Gasteiger charge is -2.12. The highest BCUT2D eigenvalue weighted by molar-refractivity contribution is 7.90. The summed E-state index contributed by atoms with van der Waals surface area (Å²) in [5.41, 5.74) is 0.390. The van der Waals surface area contributed by atoms with Crippen LogP contribution in [0.25, 0.3) is 0 Å². The van der Waals surface area contributed by atoms with Crippen molar-refractivity contribution in [1.29, 1.82) is 0 Å². The van der Waals surface area contributed by atoms with Crippen LogP contribution in [-0.4, -0.2) is 25.7 Å². The Morgan fingerprint density at radius 1 is 1.35 bits per heavy atom. The molecule has 1 aliphatic rings. The zero-order valence-corrected chi connectivity index (χ0v) is 10.5. The second-order valence-corrected chi connectivity index (χ2v) is 6.62. The van der Waals surface area contributed by atoms with Crippen molar-refractivity contribution in [2.45, 2.75) is 30.1 Å². The molecule has 17 heavy (non-hydrogen) atoms. The average molecular weight is 254 g/mol. The third-order valence-corrected chi connectivity index (χ3v) is 4.54. The maximum absolute atomic E-state index is 11.6. The minimum Gasteiger partial charge on any atom is -0.481 e. The van der Waals surface area contributed by atoms with Gasteiger partial charge in [-0.15, -0.1) is 0 Å². The number of hydrogen-bond acceptors (Lipinski definition) is 3. The number of carboxylic acids is 1. The van der Waals surface area contributed by atoms with Gasteiger partial charge in [-0.25, -0.2) is 8.42 Å². The third kappa shape index (κ3) is 1.95. The molecular weight excluding hydrogens is 240 g/mol. The Morgan fingerprint density at radius 3 is 2.35 bits per heavy atom. The molecule has 0 aromatic heterocycles. The number of benzene rings is 1. The fourth-order valence-electron chi connectivity index (χ4n) is 2.05. The summed E-state index contributed by atoms with van der Waals surface area (Å²) in [6.07, 6.45) is 2.29. The van der Waals surface area contributed by atoms with Crippen molar-refractivity contribution in [2.75, 3.05) is 6.26 Å². The van der Waals surface area contributed by atoms with Gasteiger partial charge in [0.25, 0.3) is 0 Å². The molecule has 1 fully saturated rings. The van der Waals surface area contributed by atoms with Crippen molar-refractivity contribution in [3.05, 3.63) is 29.3 Å². The van der Waals surface area contributed by atoms with Gasteiger partial charge in [0.2, 0.25) is 0 Å². The van der Waals surface area contributed by atoms with Crippen LogP contribution in [0.3, 0.4) is 0 Å². The van der Waals surface area contributed by atoms with Crippen molar-refractivity contribution in [2.24, 2.45) is 0 Å². The number of aliphatic carboxylic acids is 1. The van der Waals surface area contributed by atoms with Gasteiger partial charge in [0.05, 0.1) is 10.3 Å². The second-order valence-electron chi connectivity index (χ2n) is 4.64. The fourth-order valence-corrected chi connectivity index (χ4v) is 3.04. The minimum absolute atomic E-state index is 0.225. The molecule has 4 nitrogen and oxygen atoms in total. The molecule has 0 bridgehead atoms. The largest absolute Gasteiger partial charge is 0.481 e. The van der Waals surface area contributed by atoms with Crippen LogP contribution in [0.1, 0.15) is 24.0 Å². The summed E-state index contributed by atoms with van der Waals surface area (Å²) in [7, 11) is -3.31. The van der Waals surface area contributed by atoms with Gasteiger partial charge in [-0.2, -0.15) is 0 Å². The lowest BCUT2D eigenvalue weighted by atomic mass is 9.95. The van der Waals surface area contributed by atoms with E-state index in [9.17, 15) is 18.3 Å². The fraction of sp³-hybridized carbons (Fsp3) is 0.417. The van der Waals surface area contributed by atoms with E-state index in [1.54, 1.807) is 19.1 Å². The van der Waals surface area contributed by atoms with Crippen LogP contribution in [0.15, 0.2) is 23.1 Å². The van der Waals surface area contributed by atoms with Gasteiger partial charge < -0.3 is 5.11 Å². The molecule has 0 amide bonds. The normalized spacial score (nSPS) is 17.8. The lowest BCUT2D eigenvalue weighted by molar-refractivity contribution is -0.140. The number of carboxylic acid groups (broad SMARTS) is 1. The Bertz CT molecular complexity index is 583. The van der Waals surface area contributed by atoms with Crippen LogP contribution in [0, 0.1) is 6.92 Å². The maximum atomic E-state index is 11.6. The van der Waals surface area contributed by atoms with Crippen LogP contribution in [0.2, 0.25) is 0 Å². The number of carbonyl (C=O) groups is 1. The number of sulfone groups is 1.